The summed E-state index contributed by atoms with van der Waals surface area (Å²) in [7, 11) is 1.65. The summed E-state index contributed by atoms with van der Waals surface area (Å²) in [6.45, 7) is 0.801. The molecule has 0 radical (unpaired) electrons. The zero-order chi connectivity index (χ0) is 18.0. The summed E-state index contributed by atoms with van der Waals surface area (Å²) in [5.74, 6) is 2.01. The van der Waals surface area contributed by atoms with E-state index in [-0.39, 0.29) is 17.4 Å². The molecular weight excluding hydrogens is 326 g/mol. The number of hydrogen-bond acceptors (Lipinski definition) is 3. The molecule has 0 N–H and O–H groups in total. The van der Waals surface area contributed by atoms with Crippen molar-refractivity contribution in [3.63, 3.8) is 0 Å². The Morgan fingerprint density at radius 2 is 1.62 bits per heavy atom. The van der Waals surface area contributed by atoms with Gasteiger partial charge in [0.1, 0.15) is 11.5 Å². The van der Waals surface area contributed by atoms with Crippen molar-refractivity contribution in [3.8, 4) is 11.5 Å². The summed E-state index contributed by atoms with van der Waals surface area (Å²) in [6.07, 6.45) is 4.86. The van der Waals surface area contributed by atoms with E-state index in [1.54, 1.807) is 7.11 Å². The number of anilines is 1. The van der Waals surface area contributed by atoms with Crippen LogP contribution in [0.25, 0.3) is 0 Å². The Balaban J connectivity index is 1.40. The van der Waals surface area contributed by atoms with Crippen LogP contribution in [0.15, 0.2) is 54.6 Å². The fraction of sp³-hybridized carbons (Fsp3) is 0.409. The Morgan fingerprint density at radius 3 is 2.27 bits per heavy atom. The van der Waals surface area contributed by atoms with Crippen molar-refractivity contribution in [2.75, 3.05) is 18.6 Å². The van der Waals surface area contributed by atoms with Crippen molar-refractivity contribution >= 4 is 11.6 Å². The first-order chi connectivity index (χ1) is 12.7. The maximum Gasteiger partial charge on any atom is 0.233 e. The number of nitrogens with zero attached hydrogens (tertiary/aromatic N) is 1. The quantitative estimate of drug-likeness (QED) is 0.817. The van der Waals surface area contributed by atoms with Gasteiger partial charge in [0, 0.05) is 12.2 Å². The molecule has 136 valence electrons. The van der Waals surface area contributed by atoms with Gasteiger partial charge < -0.3 is 14.4 Å². The molecule has 26 heavy (non-hydrogen) atoms. The van der Waals surface area contributed by atoms with Gasteiger partial charge >= 0.3 is 0 Å². The summed E-state index contributed by atoms with van der Waals surface area (Å²) in [5.41, 5.74) is 0.770. The molecule has 0 bridgehead atoms. The van der Waals surface area contributed by atoms with Crippen molar-refractivity contribution in [2.45, 2.75) is 38.2 Å². The largest absolute Gasteiger partial charge is 0.497 e. The van der Waals surface area contributed by atoms with Gasteiger partial charge in [-0.3, -0.25) is 4.79 Å². The van der Waals surface area contributed by atoms with Gasteiger partial charge in [-0.1, -0.05) is 18.2 Å². The van der Waals surface area contributed by atoms with E-state index in [0.717, 1.165) is 55.8 Å². The highest BCUT2D eigenvalue weighted by Gasteiger charge is 2.49. The molecule has 0 aromatic heterocycles. The number of rotatable bonds is 4. The molecule has 1 saturated carbocycles. The van der Waals surface area contributed by atoms with Gasteiger partial charge in [-0.15, -0.1) is 0 Å². The maximum atomic E-state index is 13.2. The maximum absolute atomic E-state index is 13.2. The average Bonchev–Trinajstić information content (AvgIpc) is 3.01. The van der Waals surface area contributed by atoms with E-state index in [1.165, 1.54) is 0 Å². The fourth-order valence-electron chi connectivity index (χ4n) is 4.25. The van der Waals surface area contributed by atoms with Crippen LogP contribution < -0.4 is 14.4 Å². The molecular formula is C22H25NO3. The first kappa shape index (κ1) is 17.0. The van der Waals surface area contributed by atoms with Gasteiger partial charge in [-0.25, -0.2) is 0 Å². The lowest BCUT2D eigenvalue weighted by Gasteiger charge is -2.35. The Bertz CT molecular complexity index is 749. The van der Waals surface area contributed by atoms with E-state index < -0.39 is 0 Å². The lowest BCUT2D eigenvalue weighted by molar-refractivity contribution is -0.128. The lowest BCUT2D eigenvalue weighted by Crippen LogP contribution is -2.39. The predicted octanol–water partition coefficient (Wildman–Crippen LogP) is 4.44. The van der Waals surface area contributed by atoms with Crippen molar-refractivity contribution in [2.24, 2.45) is 5.41 Å². The highest BCUT2D eigenvalue weighted by Crippen LogP contribution is 2.46. The minimum Gasteiger partial charge on any atom is -0.497 e. The second-order valence-electron chi connectivity index (χ2n) is 7.32. The highest BCUT2D eigenvalue weighted by molar-refractivity contribution is 6.00. The number of para-hydroxylation sites is 1. The van der Waals surface area contributed by atoms with Crippen LogP contribution in [-0.2, 0) is 4.79 Å². The summed E-state index contributed by atoms with van der Waals surface area (Å²) < 4.78 is 11.3. The molecule has 1 aliphatic carbocycles. The van der Waals surface area contributed by atoms with Crippen molar-refractivity contribution in [1.82, 2.24) is 0 Å². The first-order valence-electron chi connectivity index (χ1n) is 9.38. The molecule has 4 rings (SSSR count). The third-order valence-electron chi connectivity index (χ3n) is 5.83. The lowest BCUT2D eigenvalue weighted by atomic mass is 9.72. The molecule has 2 aromatic carbocycles. The smallest absolute Gasteiger partial charge is 0.233 e. The number of hydrogen-bond donors (Lipinski definition) is 0. The zero-order valence-electron chi connectivity index (χ0n) is 15.2. The van der Waals surface area contributed by atoms with Gasteiger partial charge in [0.25, 0.3) is 0 Å². The van der Waals surface area contributed by atoms with Crippen molar-refractivity contribution in [3.05, 3.63) is 54.6 Å². The van der Waals surface area contributed by atoms with Crippen LogP contribution in [0.2, 0.25) is 0 Å². The molecule has 2 aliphatic rings. The second-order valence-corrected chi connectivity index (χ2v) is 7.32. The number of ether oxygens (including phenoxy) is 2. The van der Waals surface area contributed by atoms with Crippen LogP contribution in [0, 0.1) is 5.41 Å². The van der Waals surface area contributed by atoms with Crippen LogP contribution in [0.1, 0.15) is 32.1 Å². The summed E-state index contributed by atoms with van der Waals surface area (Å²) in [5, 5.41) is 0. The number of benzene rings is 2. The van der Waals surface area contributed by atoms with E-state index in [0.29, 0.717) is 0 Å². The SMILES string of the molecule is COc1ccc(N2CC[C@]3(CC[C@H](Oc4ccccc4)CC3)C2=O)cc1. The molecule has 1 saturated heterocycles. The Kier molecular flexibility index (Phi) is 4.58. The van der Waals surface area contributed by atoms with Gasteiger partial charge in [0.05, 0.1) is 18.6 Å². The Labute approximate surface area is 154 Å². The van der Waals surface area contributed by atoms with Crippen molar-refractivity contribution < 1.29 is 14.3 Å². The third kappa shape index (κ3) is 3.16. The molecule has 0 unspecified atom stereocenters. The number of carbonyl (C=O) groups is 1. The van der Waals surface area contributed by atoms with Crippen LogP contribution in [0.4, 0.5) is 5.69 Å². The minimum absolute atomic E-state index is 0.198. The van der Waals surface area contributed by atoms with Crippen LogP contribution in [0.3, 0.4) is 0 Å². The molecule has 1 spiro atoms. The zero-order valence-corrected chi connectivity index (χ0v) is 15.2. The van der Waals surface area contributed by atoms with Gasteiger partial charge in [0.15, 0.2) is 0 Å². The second kappa shape index (κ2) is 7.02. The normalized spacial score (nSPS) is 25.5. The van der Waals surface area contributed by atoms with Crippen LogP contribution >= 0.6 is 0 Å². The van der Waals surface area contributed by atoms with Gasteiger partial charge in [0.2, 0.25) is 5.91 Å². The van der Waals surface area contributed by atoms with E-state index in [2.05, 4.69) is 0 Å². The number of carbonyl (C=O) groups excluding carboxylic acids is 1. The van der Waals surface area contributed by atoms with Gasteiger partial charge in [-0.05, 0) is 68.5 Å². The minimum atomic E-state index is -0.198. The monoisotopic (exact) mass is 351 g/mol. The van der Waals surface area contributed by atoms with Crippen molar-refractivity contribution in [1.29, 1.82) is 0 Å². The summed E-state index contributed by atoms with van der Waals surface area (Å²) >= 11 is 0. The molecule has 2 fully saturated rings. The predicted molar refractivity (Wildman–Crippen MR) is 102 cm³/mol. The van der Waals surface area contributed by atoms with E-state index in [4.69, 9.17) is 9.47 Å². The van der Waals surface area contributed by atoms with E-state index in [1.807, 2.05) is 59.5 Å². The van der Waals surface area contributed by atoms with Crippen LogP contribution in [0.5, 0.6) is 11.5 Å². The summed E-state index contributed by atoms with van der Waals surface area (Å²) in [6, 6.07) is 17.7. The topological polar surface area (TPSA) is 38.8 Å². The third-order valence-corrected chi connectivity index (χ3v) is 5.83. The van der Waals surface area contributed by atoms with E-state index in [9.17, 15) is 4.79 Å². The molecule has 1 aliphatic heterocycles. The first-order valence-corrected chi connectivity index (χ1v) is 9.38. The van der Waals surface area contributed by atoms with E-state index >= 15 is 0 Å². The molecule has 1 amide bonds. The molecule has 1 heterocycles. The highest BCUT2D eigenvalue weighted by atomic mass is 16.5. The number of methoxy groups -OCH3 is 1. The van der Waals surface area contributed by atoms with Gasteiger partial charge in [-0.2, -0.15) is 0 Å². The van der Waals surface area contributed by atoms with Crippen LogP contribution in [-0.4, -0.2) is 25.7 Å². The number of amides is 1. The average molecular weight is 351 g/mol. The standard InChI is InChI=1S/C22H25NO3/c1-25-18-9-7-17(8-10-18)23-16-15-22(21(23)24)13-11-20(12-14-22)26-19-5-3-2-4-6-19/h2-10,20H,11-16H2,1H3/t20-,22+. The molecule has 2 aromatic rings. The fourth-order valence-corrected chi connectivity index (χ4v) is 4.25. The summed E-state index contributed by atoms with van der Waals surface area (Å²) in [4.78, 5) is 15.1. The molecule has 0 atom stereocenters. The molecule has 4 nitrogen and oxygen atoms in total. The Hall–Kier alpha value is -2.49. The Morgan fingerprint density at radius 1 is 0.923 bits per heavy atom. The molecule has 4 heteroatoms.